The molecule has 0 bridgehead atoms. The SMILES string of the molecule is CN1CCCC(C)(Cn2ccnc2)C1. The van der Waals surface area contributed by atoms with E-state index in [0.29, 0.717) is 5.41 Å². The average Bonchev–Trinajstić information content (AvgIpc) is 2.55. The Morgan fingerprint density at radius 1 is 1.50 bits per heavy atom. The molecule has 1 aliphatic heterocycles. The van der Waals surface area contributed by atoms with Crippen molar-refractivity contribution in [1.29, 1.82) is 0 Å². The monoisotopic (exact) mass is 193 g/mol. The van der Waals surface area contributed by atoms with Crippen LogP contribution >= 0.6 is 0 Å². The summed E-state index contributed by atoms with van der Waals surface area (Å²) in [6.07, 6.45) is 8.48. The molecule has 0 aliphatic carbocycles. The Kier molecular flexibility index (Phi) is 2.59. The van der Waals surface area contributed by atoms with Crippen LogP contribution in [0.5, 0.6) is 0 Å². The maximum Gasteiger partial charge on any atom is 0.0946 e. The molecule has 3 nitrogen and oxygen atoms in total. The van der Waals surface area contributed by atoms with E-state index >= 15 is 0 Å². The van der Waals surface area contributed by atoms with Crippen LogP contribution in [0.2, 0.25) is 0 Å². The zero-order valence-corrected chi connectivity index (χ0v) is 9.11. The van der Waals surface area contributed by atoms with Crippen molar-refractivity contribution < 1.29 is 0 Å². The van der Waals surface area contributed by atoms with Crippen LogP contribution in [0.15, 0.2) is 18.7 Å². The molecule has 3 heteroatoms. The molecule has 0 amide bonds. The van der Waals surface area contributed by atoms with Gasteiger partial charge in [0.2, 0.25) is 0 Å². The van der Waals surface area contributed by atoms with Gasteiger partial charge in [-0.25, -0.2) is 4.98 Å². The van der Waals surface area contributed by atoms with Crippen LogP contribution in [-0.4, -0.2) is 34.6 Å². The summed E-state index contributed by atoms with van der Waals surface area (Å²) in [6.45, 7) is 5.92. The van der Waals surface area contributed by atoms with Gasteiger partial charge in [-0.2, -0.15) is 0 Å². The molecule has 1 aliphatic rings. The normalized spacial score (nSPS) is 29.3. The molecule has 2 heterocycles. The summed E-state index contributed by atoms with van der Waals surface area (Å²) in [6, 6.07) is 0. The van der Waals surface area contributed by atoms with Crippen LogP contribution in [-0.2, 0) is 6.54 Å². The van der Waals surface area contributed by atoms with Gasteiger partial charge in [-0.05, 0) is 31.8 Å². The number of aromatic nitrogens is 2. The lowest BCUT2D eigenvalue weighted by Gasteiger charge is -2.38. The van der Waals surface area contributed by atoms with E-state index in [2.05, 4.69) is 34.6 Å². The van der Waals surface area contributed by atoms with Gasteiger partial charge in [0.15, 0.2) is 0 Å². The van der Waals surface area contributed by atoms with Crippen LogP contribution in [0.1, 0.15) is 19.8 Å². The summed E-state index contributed by atoms with van der Waals surface area (Å²) in [5, 5.41) is 0. The smallest absolute Gasteiger partial charge is 0.0946 e. The summed E-state index contributed by atoms with van der Waals surface area (Å²) in [7, 11) is 2.21. The van der Waals surface area contributed by atoms with Crippen LogP contribution in [0.3, 0.4) is 0 Å². The van der Waals surface area contributed by atoms with Crippen LogP contribution < -0.4 is 0 Å². The van der Waals surface area contributed by atoms with E-state index in [4.69, 9.17) is 0 Å². The Morgan fingerprint density at radius 3 is 3.00 bits per heavy atom. The quantitative estimate of drug-likeness (QED) is 0.711. The molecule has 1 saturated heterocycles. The first-order valence-electron chi connectivity index (χ1n) is 5.32. The summed E-state index contributed by atoms with van der Waals surface area (Å²) in [4.78, 5) is 6.52. The van der Waals surface area contributed by atoms with E-state index in [0.717, 1.165) is 6.54 Å². The standard InChI is InChI=1S/C11H19N3/c1-11(4-3-6-13(2)8-11)9-14-7-5-12-10-14/h5,7,10H,3-4,6,8-9H2,1-2H3. The molecule has 1 fully saturated rings. The van der Waals surface area contributed by atoms with Crippen molar-refractivity contribution >= 4 is 0 Å². The molecule has 0 saturated carbocycles. The highest BCUT2D eigenvalue weighted by Crippen LogP contribution is 2.30. The van der Waals surface area contributed by atoms with E-state index < -0.39 is 0 Å². The maximum absolute atomic E-state index is 4.09. The molecule has 14 heavy (non-hydrogen) atoms. The van der Waals surface area contributed by atoms with Crippen molar-refractivity contribution in [3.05, 3.63) is 18.7 Å². The van der Waals surface area contributed by atoms with Gasteiger partial charge in [-0.1, -0.05) is 6.92 Å². The Hall–Kier alpha value is -0.830. The maximum atomic E-state index is 4.09. The number of imidazole rings is 1. The van der Waals surface area contributed by atoms with Gasteiger partial charge >= 0.3 is 0 Å². The van der Waals surface area contributed by atoms with Gasteiger partial charge in [-0.3, -0.25) is 0 Å². The second kappa shape index (κ2) is 3.73. The molecule has 2 rings (SSSR count). The summed E-state index contributed by atoms with van der Waals surface area (Å²) >= 11 is 0. The van der Waals surface area contributed by atoms with Crippen molar-refractivity contribution in [2.75, 3.05) is 20.1 Å². The first-order chi connectivity index (χ1) is 6.68. The van der Waals surface area contributed by atoms with E-state index in [1.165, 1.54) is 25.9 Å². The zero-order valence-electron chi connectivity index (χ0n) is 9.11. The first kappa shape index (κ1) is 9.71. The molecule has 1 unspecified atom stereocenters. The van der Waals surface area contributed by atoms with Crippen LogP contribution in [0.4, 0.5) is 0 Å². The van der Waals surface area contributed by atoms with E-state index in [1.54, 1.807) is 0 Å². The lowest BCUT2D eigenvalue weighted by molar-refractivity contribution is 0.107. The first-order valence-corrected chi connectivity index (χ1v) is 5.32. The van der Waals surface area contributed by atoms with Gasteiger partial charge in [0.25, 0.3) is 0 Å². The molecule has 0 N–H and O–H groups in total. The topological polar surface area (TPSA) is 21.1 Å². The third kappa shape index (κ3) is 2.15. The van der Waals surface area contributed by atoms with Crippen molar-refractivity contribution in [3.8, 4) is 0 Å². The van der Waals surface area contributed by atoms with E-state index in [-0.39, 0.29) is 0 Å². The van der Waals surface area contributed by atoms with Gasteiger partial charge in [-0.15, -0.1) is 0 Å². The summed E-state index contributed by atoms with van der Waals surface area (Å²) in [5.41, 5.74) is 0.424. The highest BCUT2D eigenvalue weighted by atomic mass is 15.1. The number of piperidine rings is 1. The molecular formula is C11H19N3. The minimum atomic E-state index is 0.424. The number of hydrogen-bond acceptors (Lipinski definition) is 2. The van der Waals surface area contributed by atoms with E-state index in [9.17, 15) is 0 Å². The average molecular weight is 193 g/mol. The van der Waals surface area contributed by atoms with Gasteiger partial charge in [0.05, 0.1) is 6.33 Å². The zero-order chi connectivity index (χ0) is 10.0. The molecule has 1 aromatic rings. The molecule has 0 radical (unpaired) electrons. The summed E-state index contributed by atoms with van der Waals surface area (Å²) in [5.74, 6) is 0. The van der Waals surface area contributed by atoms with Gasteiger partial charge < -0.3 is 9.47 Å². The van der Waals surface area contributed by atoms with Crippen molar-refractivity contribution in [2.24, 2.45) is 5.41 Å². The largest absolute Gasteiger partial charge is 0.337 e. The van der Waals surface area contributed by atoms with Gasteiger partial charge in [0.1, 0.15) is 0 Å². The van der Waals surface area contributed by atoms with Crippen molar-refractivity contribution in [2.45, 2.75) is 26.3 Å². The predicted octanol–water partition coefficient (Wildman–Crippen LogP) is 1.61. The number of hydrogen-bond donors (Lipinski definition) is 0. The molecule has 1 aromatic heterocycles. The van der Waals surface area contributed by atoms with Gasteiger partial charge in [0, 0.05) is 25.5 Å². The Bertz CT molecular complexity index is 281. The fraction of sp³-hybridized carbons (Fsp3) is 0.727. The molecular weight excluding hydrogens is 174 g/mol. The minimum Gasteiger partial charge on any atom is -0.337 e. The van der Waals surface area contributed by atoms with Crippen molar-refractivity contribution in [1.82, 2.24) is 14.5 Å². The third-order valence-corrected chi connectivity index (χ3v) is 3.10. The fourth-order valence-electron chi connectivity index (χ4n) is 2.54. The molecule has 1 atom stereocenters. The molecule has 78 valence electrons. The third-order valence-electron chi connectivity index (χ3n) is 3.10. The van der Waals surface area contributed by atoms with Crippen LogP contribution in [0, 0.1) is 5.41 Å². The molecule has 0 spiro atoms. The minimum absolute atomic E-state index is 0.424. The summed E-state index contributed by atoms with van der Waals surface area (Å²) < 4.78 is 2.19. The highest BCUT2D eigenvalue weighted by Gasteiger charge is 2.29. The second-order valence-electron chi connectivity index (χ2n) is 4.89. The lowest BCUT2D eigenvalue weighted by atomic mass is 9.82. The molecule has 0 aromatic carbocycles. The predicted molar refractivity (Wildman–Crippen MR) is 57.1 cm³/mol. The number of likely N-dealkylation sites (tertiary alicyclic amines) is 1. The fourth-order valence-corrected chi connectivity index (χ4v) is 2.54. The number of rotatable bonds is 2. The van der Waals surface area contributed by atoms with Crippen LogP contribution in [0.25, 0.3) is 0 Å². The van der Waals surface area contributed by atoms with E-state index in [1.807, 2.05) is 12.5 Å². The highest BCUT2D eigenvalue weighted by molar-refractivity contribution is 4.85. The van der Waals surface area contributed by atoms with Crippen molar-refractivity contribution in [3.63, 3.8) is 0 Å². The lowest BCUT2D eigenvalue weighted by Crippen LogP contribution is -2.41. The second-order valence-corrected chi connectivity index (χ2v) is 4.89. The Morgan fingerprint density at radius 2 is 2.36 bits per heavy atom. The Labute approximate surface area is 85.7 Å². The number of nitrogens with zero attached hydrogens (tertiary/aromatic N) is 3. The Balaban J connectivity index is 2.01.